The molecule has 0 saturated carbocycles. The third-order valence-electron chi connectivity index (χ3n) is 4.93. The summed E-state index contributed by atoms with van der Waals surface area (Å²) in [4.78, 5) is 31.3. The van der Waals surface area contributed by atoms with Gasteiger partial charge in [0.2, 0.25) is 0 Å². The lowest BCUT2D eigenvalue weighted by atomic mass is 9.72. The van der Waals surface area contributed by atoms with Gasteiger partial charge in [-0.05, 0) is 50.0 Å². The van der Waals surface area contributed by atoms with Crippen molar-refractivity contribution in [3.8, 4) is 0 Å². The zero-order valence-corrected chi connectivity index (χ0v) is 16.4. The van der Waals surface area contributed by atoms with Gasteiger partial charge in [0.1, 0.15) is 11.4 Å². The van der Waals surface area contributed by atoms with Crippen LogP contribution in [0.4, 0.5) is 0 Å². The van der Waals surface area contributed by atoms with Crippen molar-refractivity contribution in [1.29, 1.82) is 0 Å². The third-order valence-corrected chi connectivity index (χ3v) is 6.09. The molecule has 0 N–H and O–H groups in total. The molecule has 2 aromatic rings. The zero-order chi connectivity index (χ0) is 18.4. The van der Waals surface area contributed by atoms with E-state index in [4.69, 9.17) is 4.74 Å². The molecule has 0 radical (unpaired) electrons. The van der Waals surface area contributed by atoms with Crippen molar-refractivity contribution in [2.45, 2.75) is 66.5 Å². The maximum Gasteiger partial charge on any atom is 0.326 e. The van der Waals surface area contributed by atoms with Gasteiger partial charge in [0.15, 0.2) is 0 Å². The second-order valence-corrected chi connectivity index (χ2v) is 9.29. The lowest BCUT2D eigenvalue weighted by molar-refractivity contribution is -0.148. The average Bonchev–Trinajstić information content (AvgIpc) is 2.86. The topological polar surface area (TPSA) is 61.2 Å². The van der Waals surface area contributed by atoms with Crippen LogP contribution < -0.4 is 5.56 Å². The molecule has 6 heteroatoms. The van der Waals surface area contributed by atoms with E-state index in [2.05, 4.69) is 25.8 Å². The molecular weight excluding hydrogens is 336 g/mol. The smallest absolute Gasteiger partial charge is 0.326 e. The Kier molecular flexibility index (Phi) is 4.75. The normalized spacial score (nSPS) is 17.8. The minimum absolute atomic E-state index is 0.0881. The van der Waals surface area contributed by atoms with Crippen molar-refractivity contribution < 1.29 is 9.53 Å². The highest BCUT2D eigenvalue weighted by Gasteiger charge is 2.31. The van der Waals surface area contributed by atoms with Gasteiger partial charge in [-0.25, -0.2) is 4.98 Å². The second-order valence-electron chi connectivity index (χ2n) is 8.21. The van der Waals surface area contributed by atoms with Gasteiger partial charge in [-0.15, -0.1) is 11.3 Å². The van der Waals surface area contributed by atoms with Crippen molar-refractivity contribution >= 4 is 27.5 Å². The number of fused-ring (bicyclic) bond motifs is 3. The number of hydrogen-bond acceptors (Lipinski definition) is 5. The fraction of sp³-hybridized carbons (Fsp3) is 0.632. The summed E-state index contributed by atoms with van der Waals surface area (Å²) >= 11 is 1.63. The number of carbonyl (C=O) groups excluding carboxylic acids is 1. The van der Waals surface area contributed by atoms with Crippen LogP contribution in [0, 0.1) is 11.3 Å². The number of hydrogen-bond donors (Lipinski definition) is 0. The Morgan fingerprint density at radius 3 is 2.80 bits per heavy atom. The van der Waals surface area contributed by atoms with Gasteiger partial charge in [-0.2, -0.15) is 0 Å². The zero-order valence-electron chi connectivity index (χ0n) is 15.6. The number of rotatable bonds is 3. The van der Waals surface area contributed by atoms with Gasteiger partial charge in [0.05, 0.1) is 17.8 Å². The Bertz CT molecular complexity index is 858. The van der Waals surface area contributed by atoms with Gasteiger partial charge >= 0.3 is 5.97 Å². The molecule has 1 aliphatic carbocycles. The second kappa shape index (κ2) is 6.56. The number of aryl methyl sites for hydroxylation is 1. The van der Waals surface area contributed by atoms with E-state index in [1.165, 1.54) is 15.8 Å². The summed E-state index contributed by atoms with van der Waals surface area (Å²) in [6.45, 7) is 10.3. The van der Waals surface area contributed by atoms with Crippen LogP contribution in [0.5, 0.6) is 0 Å². The Labute approximate surface area is 152 Å². The molecule has 0 fully saturated rings. The maximum atomic E-state index is 12.9. The highest BCUT2D eigenvalue weighted by atomic mass is 32.1. The minimum atomic E-state index is -0.407. The van der Waals surface area contributed by atoms with E-state index in [0.717, 1.165) is 29.7 Å². The number of ether oxygens (including phenoxy) is 1. The van der Waals surface area contributed by atoms with E-state index >= 15 is 0 Å². The number of carbonyl (C=O) groups is 1. The first-order chi connectivity index (χ1) is 11.7. The van der Waals surface area contributed by atoms with Gasteiger partial charge in [0, 0.05) is 4.88 Å². The molecule has 1 aliphatic rings. The molecule has 1 atom stereocenters. The van der Waals surface area contributed by atoms with Crippen LogP contribution in [0.15, 0.2) is 11.1 Å². The van der Waals surface area contributed by atoms with Crippen LogP contribution in [-0.2, 0) is 28.9 Å². The molecule has 0 aromatic carbocycles. The lowest BCUT2D eigenvalue weighted by Crippen LogP contribution is -2.28. The summed E-state index contributed by atoms with van der Waals surface area (Å²) in [6, 6.07) is 0. The lowest BCUT2D eigenvalue weighted by Gasteiger charge is -2.33. The summed E-state index contributed by atoms with van der Waals surface area (Å²) in [5.41, 5.74) is 1.28. The molecule has 5 nitrogen and oxygen atoms in total. The Balaban J connectivity index is 1.95. The first kappa shape index (κ1) is 18.1. The number of esters is 1. The molecular formula is C19H26N2O3S. The molecule has 3 rings (SSSR count). The molecule has 2 aromatic heterocycles. The molecule has 0 bridgehead atoms. The van der Waals surface area contributed by atoms with Crippen molar-refractivity contribution in [3.05, 3.63) is 27.1 Å². The van der Waals surface area contributed by atoms with Crippen molar-refractivity contribution in [1.82, 2.24) is 9.55 Å². The highest BCUT2D eigenvalue weighted by Crippen LogP contribution is 2.41. The van der Waals surface area contributed by atoms with Crippen molar-refractivity contribution in [2.75, 3.05) is 0 Å². The van der Waals surface area contributed by atoms with Gasteiger partial charge < -0.3 is 4.74 Å². The van der Waals surface area contributed by atoms with E-state index < -0.39 is 5.97 Å². The van der Waals surface area contributed by atoms with Crippen LogP contribution >= 0.6 is 11.3 Å². The van der Waals surface area contributed by atoms with Crippen LogP contribution in [-0.4, -0.2) is 21.6 Å². The Morgan fingerprint density at radius 1 is 1.44 bits per heavy atom. The van der Waals surface area contributed by atoms with Crippen molar-refractivity contribution in [2.24, 2.45) is 11.3 Å². The predicted molar refractivity (Wildman–Crippen MR) is 100 cm³/mol. The molecule has 0 spiro atoms. The van der Waals surface area contributed by atoms with E-state index in [1.54, 1.807) is 25.2 Å². The van der Waals surface area contributed by atoms with Crippen molar-refractivity contribution in [3.63, 3.8) is 0 Å². The van der Waals surface area contributed by atoms with E-state index in [1.807, 2.05) is 0 Å². The molecule has 25 heavy (non-hydrogen) atoms. The summed E-state index contributed by atoms with van der Waals surface area (Å²) in [6.07, 6.45) is 4.29. The molecule has 0 saturated heterocycles. The molecule has 0 aliphatic heterocycles. The Morgan fingerprint density at radius 2 is 2.16 bits per heavy atom. The first-order valence-electron chi connectivity index (χ1n) is 8.86. The fourth-order valence-electron chi connectivity index (χ4n) is 3.49. The third kappa shape index (κ3) is 3.64. The van der Waals surface area contributed by atoms with Gasteiger partial charge in [-0.3, -0.25) is 14.2 Å². The molecule has 0 unspecified atom stereocenters. The minimum Gasteiger partial charge on any atom is -0.462 e. The van der Waals surface area contributed by atoms with Crippen LogP contribution in [0.25, 0.3) is 10.2 Å². The SMILES string of the molecule is CC(C)OC(=O)Cn1cnc2sc3c(c2c1=O)CC[C@@H](C(C)(C)C)C3. The Hall–Kier alpha value is -1.69. The van der Waals surface area contributed by atoms with Gasteiger partial charge in [-0.1, -0.05) is 20.8 Å². The molecule has 2 heterocycles. The molecule has 0 amide bonds. The monoisotopic (exact) mass is 362 g/mol. The summed E-state index contributed by atoms with van der Waals surface area (Å²) < 4.78 is 6.51. The summed E-state index contributed by atoms with van der Waals surface area (Å²) in [7, 11) is 0. The average molecular weight is 362 g/mol. The number of aromatic nitrogens is 2. The van der Waals surface area contributed by atoms with Gasteiger partial charge in [0.25, 0.3) is 5.56 Å². The summed E-state index contributed by atoms with van der Waals surface area (Å²) in [5, 5.41) is 0.701. The standard InChI is InChI=1S/C19H26N2O3S/c1-11(2)24-15(22)9-21-10-20-17-16(18(21)23)13-7-6-12(19(3,4)5)8-14(13)25-17/h10-12H,6-9H2,1-5H3/t12-/m1/s1. The van der Waals surface area contributed by atoms with E-state index in [-0.39, 0.29) is 23.6 Å². The van der Waals surface area contributed by atoms with Crippen LogP contribution in [0.3, 0.4) is 0 Å². The first-order valence-corrected chi connectivity index (χ1v) is 9.67. The van der Waals surface area contributed by atoms with E-state index in [9.17, 15) is 9.59 Å². The van der Waals surface area contributed by atoms with E-state index in [0.29, 0.717) is 11.3 Å². The highest BCUT2D eigenvalue weighted by molar-refractivity contribution is 7.18. The van der Waals surface area contributed by atoms with Crippen LogP contribution in [0.2, 0.25) is 0 Å². The summed E-state index contributed by atoms with van der Waals surface area (Å²) in [5.74, 6) is 0.214. The predicted octanol–water partition coefficient (Wildman–Crippen LogP) is 3.56. The number of thiophene rings is 1. The fourth-order valence-corrected chi connectivity index (χ4v) is 4.75. The quantitative estimate of drug-likeness (QED) is 0.783. The van der Waals surface area contributed by atoms with Crippen LogP contribution in [0.1, 0.15) is 51.5 Å². The number of nitrogens with zero attached hydrogens (tertiary/aromatic N) is 2. The largest absolute Gasteiger partial charge is 0.462 e. The molecule has 136 valence electrons. The maximum absolute atomic E-state index is 12.9.